The number of rotatable bonds is 8. The predicted molar refractivity (Wildman–Crippen MR) is 85.4 cm³/mol. The van der Waals surface area contributed by atoms with Crippen LogP contribution in [-0.4, -0.2) is 31.1 Å². The molecule has 1 atom stereocenters. The number of benzene rings is 1. The van der Waals surface area contributed by atoms with Crippen molar-refractivity contribution in [1.82, 2.24) is 10.2 Å². The van der Waals surface area contributed by atoms with Crippen molar-refractivity contribution in [2.45, 2.75) is 44.7 Å². The predicted octanol–water partition coefficient (Wildman–Crippen LogP) is 3.97. The molecule has 2 rings (SSSR count). The number of halogens is 1. The average molecular weight is 325 g/mol. The second-order valence-corrected chi connectivity index (χ2v) is 6.47. The third-order valence-corrected chi connectivity index (χ3v) is 4.38. The molecule has 0 radical (unpaired) electrons. The summed E-state index contributed by atoms with van der Waals surface area (Å²) >= 11 is 3.51. The van der Waals surface area contributed by atoms with Gasteiger partial charge in [0.15, 0.2) is 0 Å². The van der Waals surface area contributed by atoms with Crippen molar-refractivity contribution >= 4 is 15.9 Å². The second kappa shape index (κ2) is 7.41. The Labute approximate surface area is 125 Å². The van der Waals surface area contributed by atoms with Crippen LogP contribution >= 0.6 is 15.9 Å². The van der Waals surface area contributed by atoms with Gasteiger partial charge in [-0.05, 0) is 63.5 Å². The fourth-order valence-electron chi connectivity index (χ4n) is 2.43. The quantitative estimate of drug-likeness (QED) is 0.778. The first-order valence-corrected chi connectivity index (χ1v) is 8.19. The van der Waals surface area contributed by atoms with Gasteiger partial charge in [0.1, 0.15) is 0 Å². The van der Waals surface area contributed by atoms with Crippen LogP contribution in [0, 0.1) is 0 Å². The molecule has 1 aliphatic carbocycles. The average Bonchev–Trinajstić information content (AvgIpc) is 3.24. The number of hydrogen-bond acceptors (Lipinski definition) is 2. The van der Waals surface area contributed by atoms with Crippen molar-refractivity contribution < 1.29 is 0 Å². The summed E-state index contributed by atoms with van der Waals surface area (Å²) in [6.07, 6.45) is 5.16. The summed E-state index contributed by atoms with van der Waals surface area (Å²) in [5, 5.41) is 3.68. The van der Waals surface area contributed by atoms with Crippen molar-refractivity contribution in [2.75, 3.05) is 20.1 Å². The lowest BCUT2D eigenvalue weighted by molar-refractivity contribution is 0.298. The van der Waals surface area contributed by atoms with Crippen LogP contribution in [0.5, 0.6) is 0 Å². The Kier molecular flexibility index (Phi) is 5.86. The third kappa shape index (κ3) is 4.90. The van der Waals surface area contributed by atoms with E-state index >= 15 is 0 Å². The van der Waals surface area contributed by atoms with E-state index in [1.165, 1.54) is 37.8 Å². The summed E-state index contributed by atoms with van der Waals surface area (Å²) < 4.78 is 1.15. The van der Waals surface area contributed by atoms with Gasteiger partial charge < -0.3 is 10.2 Å². The zero-order valence-corrected chi connectivity index (χ0v) is 13.6. The molecule has 1 aromatic rings. The van der Waals surface area contributed by atoms with Crippen LogP contribution in [0.1, 0.15) is 44.2 Å². The van der Waals surface area contributed by atoms with E-state index in [1.807, 2.05) is 0 Å². The van der Waals surface area contributed by atoms with Crippen LogP contribution in [0.3, 0.4) is 0 Å². The monoisotopic (exact) mass is 324 g/mol. The summed E-state index contributed by atoms with van der Waals surface area (Å²) in [5.74, 6) is 0. The molecule has 0 aliphatic heterocycles. The lowest BCUT2D eigenvalue weighted by Crippen LogP contribution is -2.28. The molecular formula is C16H25BrN2. The first-order valence-electron chi connectivity index (χ1n) is 7.39. The Hall–Kier alpha value is -0.380. The Bertz CT molecular complexity index is 373. The SMILES string of the molecule is CCCNC(CCN(C)C1CC1)c1ccc(Br)cc1. The maximum absolute atomic E-state index is 3.68. The van der Waals surface area contributed by atoms with E-state index in [1.54, 1.807) is 0 Å². The summed E-state index contributed by atoms with van der Waals surface area (Å²) in [6.45, 7) is 4.50. The first kappa shape index (κ1) is 15.0. The smallest absolute Gasteiger partial charge is 0.0332 e. The molecule has 2 nitrogen and oxygen atoms in total. The van der Waals surface area contributed by atoms with Gasteiger partial charge in [-0.25, -0.2) is 0 Å². The van der Waals surface area contributed by atoms with Gasteiger partial charge in [-0.15, -0.1) is 0 Å². The topological polar surface area (TPSA) is 15.3 Å². The lowest BCUT2D eigenvalue weighted by Gasteiger charge is -2.23. The van der Waals surface area contributed by atoms with E-state index in [-0.39, 0.29) is 0 Å². The largest absolute Gasteiger partial charge is 0.310 e. The highest BCUT2D eigenvalue weighted by Gasteiger charge is 2.26. The van der Waals surface area contributed by atoms with E-state index in [2.05, 4.69) is 64.4 Å². The zero-order chi connectivity index (χ0) is 13.7. The Balaban J connectivity index is 1.91. The molecule has 0 amide bonds. The fraction of sp³-hybridized carbons (Fsp3) is 0.625. The van der Waals surface area contributed by atoms with Crippen molar-refractivity contribution in [3.8, 4) is 0 Å². The highest BCUT2D eigenvalue weighted by atomic mass is 79.9. The van der Waals surface area contributed by atoms with E-state index < -0.39 is 0 Å². The van der Waals surface area contributed by atoms with Gasteiger partial charge in [-0.2, -0.15) is 0 Å². The number of nitrogens with zero attached hydrogens (tertiary/aromatic N) is 1. The van der Waals surface area contributed by atoms with E-state index in [4.69, 9.17) is 0 Å². The van der Waals surface area contributed by atoms with Crippen molar-refractivity contribution in [2.24, 2.45) is 0 Å². The molecule has 1 aromatic carbocycles. The van der Waals surface area contributed by atoms with Crippen LogP contribution in [0.25, 0.3) is 0 Å². The van der Waals surface area contributed by atoms with Gasteiger partial charge in [0.2, 0.25) is 0 Å². The highest BCUT2D eigenvalue weighted by molar-refractivity contribution is 9.10. The molecule has 3 heteroatoms. The summed E-state index contributed by atoms with van der Waals surface area (Å²) in [5.41, 5.74) is 1.40. The summed E-state index contributed by atoms with van der Waals surface area (Å²) in [6, 6.07) is 10.1. The Morgan fingerprint density at radius 2 is 2.00 bits per heavy atom. The molecule has 0 aromatic heterocycles. The first-order chi connectivity index (χ1) is 9.20. The minimum atomic E-state index is 0.481. The van der Waals surface area contributed by atoms with E-state index in [0.29, 0.717) is 6.04 Å². The molecule has 106 valence electrons. The number of nitrogens with one attached hydrogen (secondary N) is 1. The van der Waals surface area contributed by atoms with Gasteiger partial charge >= 0.3 is 0 Å². The third-order valence-electron chi connectivity index (χ3n) is 3.85. The lowest BCUT2D eigenvalue weighted by atomic mass is 10.0. The molecule has 0 heterocycles. The molecule has 1 N–H and O–H groups in total. The van der Waals surface area contributed by atoms with Crippen molar-refractivity contribution in [1.29, 1.82) is 0 Å². The van der Waals surface area contributed by atoms with Crippen LogP contribution in [0.15, 0.2) is 28.7 Å². The second-order valence-electron chi connectivity index (χ2n) is 5.56. The summed E-state index contributed by atoms with van der Waals surface area (Å²) in [7, 11) is 2.26. The van der Waals surface area contributed by atoms with Crippen molar-refractivity contribution in [3.05, 3.63) is 34.3 Å². The molecule has 1 fully saturated rings. The zero-order valence-electron chi connectivity index (χ0n) is 12.0. The van der Waals surface area contributed by atoms with Gasteiger partial charge in [-0.1, -0.05) is 35.0 Å². The van der Waals surface area contributed by atoms with E-state index in [9.17, 15) is 0 Å². The van der Waals surface area contributed by atoms with Crippen LogP contribution in [0.4, 0.5) is 0 Å². The number of hydrogen-bond donors (Lipinski definition) is 1. The normalized spacial score (nSPS) is 16.8. The molecule has 19 heavy (non-hydrogen) atoms. The van der Waals surface area contributed by atoms with E-state index in [0.717, 1.165) is 17.1 Å². The summed E-state index contributed by atoms with van der Waals surface area (Å²) in [4.78, 5) is 2.51. The molecule has 0 bridgehead atoms. The van der Waals surface area contributed by atoms with Crippen LogP contribution in [0.2, 0.25) is 0 Å². The van der Waals surface area contributed by atoms with Gasteiger partial charge in [0, 0.05) is 16.6 Å². The maximum atomic E-state index is 3.68. The molecule has 1 aliphatic rings. The minimum absolute atomic E-state index is 0.481. The maximum Gasteiger partial charge on any atom is 0.0332 e. The molecule has 1 unspecified atom stereocenters. The van der Waals surface area contributed by atoms with Gasteiger partial charge in [-0.3, -0.25) is 0 Å². The fourth-order valence-corrected chi connectivity index (χ4v) is 2.70. The molecule has 1 saturated carbocycles. The van der Waals surface area contributed by atoms with Crippen LogP contribution < -0.4 is 5.32 Å². The van der Waals surface area contributed by atoms with Crippen molar-refractivity contribution in [3.63, 3.8) is 0 Å². The standard InChI is InChI=1S/C16H25BrN2/c1-3-11-18-16(10-12-19(2)15-8-9-15)13-4-6-14(17)7-5-13/h4-7,15-16,18H,3,8-12H2,1-2H3. The molecule has 0 saturated heterocycles. The van der Waals surface area contributed by atoms with Gasteiger partial charge in [0.05, 0.1) is 0 Å². The minimum Gasteiger partial charge on any atom is -0.310 e. The Morgan fingerprint density at radius 3 is 2.58 bits per heavy atom. The molecule has 0 spiro atoms. The Morgan fingerprint density at radius 1 is 1.32 bits per heavy atom. The van der Waals surface area contributed by atoms with Gasteiger partial charge in [0.25, 0.3) is 0 Å². The molecular weight excluding hydrogens is 300 g/mol. The highest BCUT2D eigenvalue weighted by Crippen LogP contribution is 2.27. The van der Waals surface area contributed by atoms with Crippen LogP contribution in [-0.2, 0) is 0 Å².